The lowest BCUT2D eigenvalue weighted by Gasteiger charge is -2.42. The molecule has 1 aliphatic carbocycles. The molecule has 1 fully saturated rings. The standard InChI is InChI=1S/C24H24ClN7S.C23H4.CHIN8S.9H2/c25-19-17(5-8-28-22(19)27)33-23-20-16(12-30-23)31-18(13-29-20)32-9-6-24(7-10-32)11-14-3-1-2-4-15(14)21(24)26;1-3-5-7-9-11-13-15-17-19-21-23-22-20-18-16-14-12-10-8-6-4-2;2-1-3-4-5-6-7-8-9-10-11;;;;;;;;;/h1-5,8,13,21H,6-7,9-12,26H2,(H2,27,28);1H,2H3;1H;9*1H/b;;3-1+,5-4+,7-6+,9-8+;;;;;;;;;/t21-;;;;;;;;;;;/m0.........../s1. The highest BCUT2D eigenvalue weighted by Gasteiger charge is 2.46. The summed E-state index contributed by atoms with van der Waals surface area (Å²) >= 11 is 13.7. The van der Waals surface area contributed by atoms with E-state index >= 15 is 0 Å². The quantitative estimate of drug-likeness (QED) is 0.0799. The van der Waals surface area contributed by atoms with Crippen molar-refractivity contribution in [3.05, 3.63) is 70.3 Å². The molecule has 2 aliphatic heterocycles. The maximum absolute atomic E-state index is 6.73. The van der Waals surface area contributed by atoms with E-state index in [1.807, 2.05) is 34.9 Å². The van der Waals surface area contributed by atoms with Gasteiger partial charge in [-0.2, -0.15) is 0 Å². The van der Waals surface area contributed by atoms with Gasteiger partial charge in [0.1, 0.15) is 22.4 Å². The van der Waals surface area contributed by atoms with Crippen LogP contribution < -0.4 is 16.4 Å². The minimum absolute atomic E-state index is 0. The molecule has 0 amide bonds. The first-order valence-corrected chi connectivity index (χ1v) is 21.8. The number of benzene rings is 1. The van der Waals surface area contributed by atoms with E-state index in [2.05, 4.69) is 217 Å². The number of nitrogens with two attached hydrogens (primary N) is 2. The SMILES string of the molecule is C#CC#CC#CC#CC#CC#CC#CC#CC#CC#CC#CC.Nc1nccc(SC2=NCc3nc(N4CCC5(CC4)Cc4ccccc4[C@@H]5N)cnc32)c1Cl.S=N/N=N/N=N/N=N/N=C/I.[HH].[HH].[HH].[HH].[HH].[HH].[HH].[HH].[HH]. The third-order valence-electron chi connectivity index (χ3n) is 8.82. The largest absolute Gasteiger partial charge is 0.382 e. The highest BCUT2D eigenvalue weighted by molar-refractivity contribution is 14.1. The molecule has 4 heterocycles. The average Bonchev–Trinajstić information content (AvgIpc) is 3.87. The maximum atomic E-state index is 6.73. The zero-order chi connectivity index (χ0) is 47.8. The number of thioether (sulfide) groups is 1. The number of terminal acetylenes is 1. The van der Waals surface area contributed by atoms with Crippen LogP contribution in [0.2, 0.25) is 5.02 Å². The first-order chi connectivity index (χ1) is 32.9. The Morgan fingerprint density at radius 2 is 1.40 bits per heavy atom. The van der Waals surface area contributed by atoms with E-state index in [0.29, 0.717) is 17.4 Å². The zero-order valence-electron chi connectivity index (χ0n) is 35.1. The number of anilines is 2. The monoisotopic (exact) mass is 1060 g/mol. The second kappa shape index (κ2) is 29.9. The number of nitrogen functional groups attached to an aromatic ring is 1. The van der Waals surface area contributed by atoms with Crippen molar-refractivity contribution in [3.8, 4) is 131 Å². The van der Waals surface area contributed by atoms with Crippen molar-refractivity contribution < 1.29 is 12.8 Å². The highest BCUT2D eigenvalue weighted by Crippen LogP contribution is 2.51. The molecule has 6 rings (SSSR count). The first kappa shape index (κ1) is 51.3. The van der Waals surface area contributed by atoms with Crippen molar-refractivity contribution in [2.24, 2.45) is 57.1 Å². The molecule has 1 atom stereocenters. The predicted molar refractivity (Wildman–Crippen MR) is 291 cm³/mol. The Bertz CT molecular complexity index is 3250. The van der Waals surface area contributed by atoms with E-state index < -0.39 is 0 Å². The molecular formula is C48H47ClIN15S2. The summed E-state index contributed by atoms with van der Waals surface area (Å²) in [6.07, 6.45) is 11.6. The molecule has 67 heavy (non-hydrogen) atoms. The Morgan fingerprint density at radius 1 is 0.836 bits per heavy atom. The lowest BCUT2D eigenvalue weighted by atomic mass is 9.73. The van der Waals surface area contributed by atoms with E-state index in [1.54, 1.807) is 13.1 Å². The Labute approximate surface area is 430 Å². The lowest BCUT2D eigenvalue weighted by Crippen LogP contribution is -2.44. The van der Waals surface area contributed by atoms with Gasteiger partial charge < -0.3 is 16.4 Å². The molecular weight excluding hydrogens is 1010 g/mol. The number of rotatable bonds is 6. The van der Waals surface area contributed by atoms with Gasteiger partial charge in [-0.3, -0.25) is 4.99 Å². The molecule has 1 saturated heterocycles. The predicted octanol–water partition coefficient (Wildman–Crippen LogP) is 9.09. The van der Waals surface area contributed by atoms with E-state index in [1.165, 1.54) is 27.1 Å². The Balaban J connectivity index is -0.000000254. The van der Waals surface area contributed by atoms with Gasteiger partial charge in [-0.15, -0.1) is 11.5 Å². The summed E-state index contributed by atoms with van der Waals surface area (Å²) in [5, 5.41) is 22.8. The van der Waals surface area contributed by atoms with Gasteiger partial charge in [0.25, 0.3) is 0 Å². The topological polar surface area (TPSA) is 205 Å². The van der Waals surface area contributed by atoms with E-state index in [0.717, 1.165) is 59.5 Å². The van der Waals surface area contributed by atoms with Crippen molar-refractivity contribution in [2.45, 2.75) is 43.7 Å². The second-order valence-electron chi connectivity index (χ2n) is 12.6. The van der Waals surface area contributed by atoms with Crippen molar-refractivity contribution in [3.63, 3.8) is 0 Å². The molecule has 2 aromatic heterocycles. The Morgan fingerprint density at radius 3 is 1.97 bits per heavy atom. The molecule has 0 bridgehead atoms. The van der Waals surface area contributed by atoms with Gasteiger partial charge in [-0.25, -0.2) is 15.0 Å². The minimum Gasteiger partial charge on any atom is -0.382 e. The smallest absolute Gasteiger partial charge is 0.147 e. The summed E-state index contributed by atoms with van der Waals surface area (Å²) in [4.78, 5) is 21.5. The van der Waals surface area contributed by atoms with Crippen LogP contribution in [0.1, 0.15) is 61.2 Å². The molecule has 3 aliphatic rings. The number of pyridine rings is 1. The van der Waals surface area contributed by atoms with Crippen LogP contribution in [0.25, 0.3) is 0 Å². The van der Waals surface area contributed by atoms with Crippen LogP contribution in [-0.4, -0.2) is 37.3 Å². The van der Waals surface area contributed by atoms with Crippen molar-refractivity contribution in [1.29, 1.82) is 0 Å². The van der Waals surface area contributed by atoms with Crippen LogP contribution in [0.4, 0.5) is 11.6 Å². The third kappa shape index (κ3) is 17.3. The summed E-state index contributed by atoms with van der Waals surface area (Å²) < 4.78 is 4.27. The van der Waals surface area contributed by atoms with Crippen molar-refractivity contribution in [1.82, 2.24) is 15.0 Å². The fourth-order valence-electron chi connectivity index (χ4n) is 6.03. The number of hydrogen-bond donors (Lipinski definition) is 2. The molecule has 4 N–H and O–H groups in total. The van der Waals surface area contributed by atoms with E-state index in [-0.39, 0.29) is 24.3 Å². The number of halogens is 2. The van der Waals surface area contributed by atoms with Gasteiger partial charge in [-0.1, -0.05) is 58.0 Å². The van der Waals surface area contributed by atoms with Crippen LogP contribution in [0, 0.1) is 136 Å². The zero-order valence-corrected chi connectivity index (χ0v) is 39.6. The first-order valence-electron chi connectivity index (χ1n) is 19.0. The van der Waals surface area contributed by atoms with Crippen molar-refractivity contribution in [2.75, 3.05) is 23.7 Å². The number of fused-ring (bicyclic) bond motifs is 2. The van der Waals surface area contributed by atoms with Gasteiger partial charge in [0, 0.05) is 66.7 Å². The fraction of sp³-hybridized carbons (Fsp3) is 0.188. The fourth-order valence-corrected chi connectivity index (χ4v) is 7.33. The second-order valence-corrected chi connectivity index (χ2v) is 14.7. The van der Waals surface area contributed by atoms with E-state index in [9.17, 15) is 0 Å². The number of aromatic nitrogens is 3. The summed E-state index contributed by atoms with van der Waals surface area (Å²) in [6, 6.07) is 10.6. The van der Waals surface area contributed by atoms with Crippen LogP contribution >= 0.6 is 46.0 Å². The number of piperidine rings is 1. The lowest BCUT2D eigenvalue weighted by molar-refractivity contribution is 0.187. The minimum atomic E-state index is 0. The van der Waals surface area contributed by atoms with Gasteiger partial charge in [-0.05, 0) is 197 Å². The average molecular weight is 1060 g/mol. The van der Waals surface area contributed by atoms with Crippen LogP contribution in [0.15, 0.2) is 93.5 Å². The van der Waals surface area contributed by atoms with Crippen molar-refractivity contribution >= 4 is 79.3 Å². The van der Waals surface area contributed by atoms with Crippen LogP contribution in [-0.2, 0) is 25.4 Å². The van der Waals surface area contributed by atoms with Crippen LogP contribution in [0.3, 0.4) is 0 Å². The van der Waals surface area contributed by atoms with Gasteiger partial charge in [0.05, 0.1) is 40.1 Å². The highest BCUT2D eigenvalue weighted by atomic mass is 127. The van der Waals surface area contributed by atoms with Gasteiger partial charge >= 0.3 is 0 Å². The van der Waals surface area contributed by atoms with Gasteiger partial charge in [0.2, 0.25) is 0 Å². The molecule has 340 valence electrons. The normalized spacial score (nSPS) is 13.6. The third-order valence-corrected chi connectivity index (χ3v) is 10.7. The number of nitrogens with zero attached hydrogens (tertiary/aromatic N) is 13. The summed E-state index contributed by atoms with van der Waals surface area (Å²) in [7, 11) is 0. The molecule has 1 aromatic carbocycles. The van der Waals surface area contributed by atoms with E-state index in [4.69, 9.17) is 39.5 Å². The Kier molecular flexibility index (Phi) is 22.9. The van der Waals surface area contributed by atoms with Crippen LogP contribution in [0.5, 0.6) is 0 Å². The summed E-state index contributed by atoms with van der Waals surface area (Å²) in [5.74, 6) is 53.1. The molecule has 0 radical (unpaired) electrons. The number of hydrogen-bond acceptors (Lipinski definition) is 10. The molecule has 0 saturated carbocycles. The Hall–Kier alpha value is -8.30. The summed E-state index contributed by atoms with van der Waals surface area (Å²) in [5.41, 5.74) is 17.2. The molecule has 15 nitrogen and oxygen atoms in total. The molecule has 1 spiro atoms. The summed E-state index contributed by atoms with van der Waals surface area (Å²) in [6.45, 7) is 4.09. The molecule has 3 aromatic rings. The van der Waals surface area contributed by atoms with Gasteiger partial charge in [0.15, 0.2) is 0 Å². The maximum Gasteiger partial charge on any atom is 0.147 e. The number of aliphatic imine (C=N–C) groups is 1. The molecule has 0 unspecified atom stereocenters. The molecule has 19 heteroatoms.